The van der Waals surface area contributed by atoms with Gasteiger partial charge >= 0.3 is 0 Å². The van der Waals surface area contributed by atoms with Crippen LogP contribution in [-0.4, -0.2) is 13.0 Å². The molecule has 0 aliphatic heterocycles. The van der Waals surface area contributed by atoms with Gasteiger partial charge in [0.05, 0.1) is 7.11 Å². The molecule has 1 N–H and O–H groups in total. The number of furan rings is 1. The number of nitrogens with one attached hydrogen (secondary N) is 1. The zero-order chi connectivity index (χ0) is 18.4. The first-order valence-corrected chi connectivity index (χ1v) is 8.03. The molecule has 0 fully saturated rings. The molecule has 1 amide bonds. The van der Waals surface area contributed by atoms with Gasteiger partial charge in [-0.1, -0.05) is 24.3 Å². The van der Waals surface area contributed by atoms with E-state index in [2.05, 4.69) is 5.32 Å². The highest BCUT2D eigenvalue weighted by Crippen LogP contribution is 2.26. The second kappa shape index (κ2) is 8.20. The first kappa shape index (κ1) is 17.5. The van der Waals surface area contributed by atoms with Gasteiger partial charge in [0.15, 0.2) is 17.3 Å². The Balaban J connectivity index is 1.56. The molecule has 0 saturated heterocycles. The summed E-state index contributed by atoms with van der Waals surface area (Å²) >= 11 is 0. The van der Waals surface area contributed by atoms with Crippen molar-refractivity contribution in [2.75, 3.05) is 7.11 Å². The molecule has 6 heteroatoms. The maximum absolute atomic E-state index is 13.1. The molecular formula is C20H18FNO4. The summed E-state index contributed by atoms with van der Waals surface area (Å²) in [5, 5.41) is 2.69. The van der Waals surface area contributed by atoms with Gasteiger partial charge in [-0.15, -0.1) is 0 Å². The molecule has 2 aromatic carbocycles. The van der Waals surface area contributed by atoms with Gasteiger partial charge in [0, 0.05) is 6.54 Å². The van der Waals surface area contributed by atoms with Gasteiger partial charge in [0.2, 0.25) is 0 Å². The van der Waals surface area contributed by atoms with Gasteiger partial charge in [-0.25, -0.2) is 4.39 Å². The minimum absolute atomic E-state index is 0.164. The van der Waals surface area contributed by atoms with Gasteiger partial charge in [-0.05, 0) is 42.0 Å². The SMILES string of the molecule is COc1ccccc1OCc1ccc(C(=O)NCc2cccc(F)c2)o1. The molecule has 0 spiro atoms. The van der Waals surface area contributed by atoms with E-state index in [4.69, 9.17) is 13.9 Å². The van der Waals surface area contributed by atoms with Crippen LogP contribution in [0.15, 0.2) is 65.1 Å². The lowest BCUT2D eigenvalue weighted by atomic mass is 10.2. The van der Waals surface area contributed by atoms with Crippen LogP contribution in [0.5, 0.6) is 11.5 Å². The summed E-state index contributed by atoms with van der Waals surface area (Å²) in [5.41, 5.74) is 0.671. The maximum Gasteiger partial charge on any atom is 0.287 e. The molecule has 26 heavy (non-hydrogen) atoms. The highest BCUT2D eigenvalue weighted by Gasteiger charge is 2.12. The second-order valence-electron chi connectivity index (χ2n) is 5.52. The van der Waals surface area contributed by atoms with Crippen LogP contribution in [-0.2, 0) is 13.2 Å². The number of methoxy groups -OCH3 is 1. The van der Waals surface area contributed by atoms with Crippen LogP contribution in [0.1, 0.15) is 21.9 Å². The Bertz CT molecular complexity index is 891. The molecule has 1 heterocycles. The van der Waals surface area contributed by atoms with Crippen LogP contribution < -0.4 is 14.8 Å². The van der Waals surface area contributed by atoms with Crippen LogP contribution in [0, 0.1) is 5.82 Å². The predicted octanol–water partition coefficient (Wildman–Crippen LogP) is 3.94. The molecule has 3 rings (SSSR count). The van der Waals surface area contributed by atoms with Crippen LogP contribution in [0.3, 0.4) is 0 Å². The summed E-state index contributed by atoms with van der Waals surface area (Å²) in [4.78, 5) is 12.1. The fraction of sp³-hybridized carbons (Fsp3) is 0.150. The lowest BCUT2D eigenvalue weighted by Gasteiger charge is -2.08. The zero-order valence-electron chi connectivity index (χ0n) is 14.2. The minimum Gasteiger partial charge on any atom is -0.493 e. The Morgan fingerprint density at radius 1 is 1.08 bits per heavy atom. The van der Waals surface area contributed by atoms with Crippen molar-refractivity contribution in [3.05, 3.63) is 83.6 Å². The number of carbonyl (C=O) groups excluding carboxylic acids is 1. The van der Waals surface area contributed by atoms with E-state index < -0.39 is 0 Å². The summed E-state index contributed by atoms with van der Waals surface area (Å²) < 4.78 is 29.5. The Morgan fingerprint density at radius 3 is 2.65 bits per heavy atom. The van der Waals surface area contributed by atoms with Gasteiger partial charge in [-0.3, -0.25) is 4.79 Å². The standard InChI is InChI=1S/C20H18FNO4/c1-24-17-7-2-3-8-18(17)25-13-16-9-10-19(26-16)20(23)22-12-14-5-4-6-15(21)11-14/h2-11H,12-13H2,1H3,(H,22,23). The molecule has 0 aliphatic carbocycles. The third-order valence-corrected chi connectivity index (χ3v) is 3.67. The van der Waals surface area contributed by atoms with Crippen molar-refractivity contribution in [1.82, 2.24) is 5.32 Å². The van der Waals surface area contributed by atoms with E-state index in [1.807, 2.05) is 12.1 Å². The average molecular weight is 355 g/mol. The van der Waals surface area contributed by atoms with Gasteiger partial charge in [0.1, 0.15) is 18.2 Å². The van der Waals surface area contributed by atoms with E-state index >= 15 is 0 Å². The Morgan fingerprint density at radius 2 is 1.88 bits per heavy atom. The zero-order valence-corrected chi connectivity index (χ0v) is 14.2. The Kier molecular flexibility index (Phi) is 5.53. The third-order valence-electron chi connectivity index (χ3n) is 3.67. The number of rotatable bonds is 7. The molecule has 5 nitrogen and oxygen atoms in total. The number of halogens is 1. The molecule has 0 saturated carbocycles. The summed E-state index contributed by atoms with van der Waals surface area (Å²) in [7, 11) is 1.57. The van der Waals surface area contributed by atoms with E-state index in [0.717, 1.165) is 0 Å². The normalized spacial score (nSPS) is 10.4. The van der Waals surface area contributed by atoms with Gasteiger partial charge in [0.25, 0.3) is 5.91 Å². The Labute approximate surface area is 150 Å². The predicted molar refractivity (Wildman–Crippen MR) is 93.6 cm³/mol. The largest absolute Gasteiger partial charge is 0.493 e. The number of hydrogen-bond donors (Lipinski definition) is 1. The van der Waals surface area contributed by atoms with E-state index in [9.17, 15) is 9.18 Å². The Hall–Kier alpha value is -3.28. The molecule has 0 atom stereocenters. The number of benzene rings is 2. The van der Waals surface area contributed by atoms with Crippen molar-refractivity contribution in [2.24, 2.45) is 0 Å². The van der Waals surface area contributed by atoms with Crippen LogP contribution >= 0.6 is 0 Å². The van der Waals surface area contributed by atoms with E-state index in [0.29, 0.717) is 22.8 Å². The average Bonchev–Trinajstić information content (AvgIpc) is 3.14. The minimum atomic E-state index is -0.377. The summed E-state index contributed by atoms with van der Waals surface area (Å²) in [6.45, 7) is 0.377. The highest BCUT2D eigenvalue weighted by molar-refractivity contribution is 5.91. The van der Waals surface area contributed by atoms with Crippen LogP contribution in [0.25, 0.3) is 0 Å². The quantitative estimate of drug-likeness (QED) is 0.697. The van der Waals surface area contributed by atoms with E-state index in [1.54, 1.807) is 43.5 Å². The molecule has 0 radical (unpaired) electrons. The first-order valence-electron chi connectivity index (χ1n) is 8.03. The van der Waals surface area contributed by atoms with Crippen molar-refractivity contribution in [2.45, 2.75) is 13.2 Å². The van der Waals surface area contributed by atoms with Crippen LogP contribution in [0.4, 0.5) is 4.39 Å². The number of hydrogen-bond acceptors (Lipinski definition) is 4. The molecule has 1 aromatic heterocycles. The van der Waals surface area contributed by atoms with Gasteiger partial charge < -0.3 is 19.2 Å². The molecule has 0 bridgehead atoms. The fourth-order valence-corrected chi connectivity index (χ4v) is 2.38. The number of para-hydroxylation sites is 2. The van der Waals surface area contributed by atoms with Crippen molar-refractivity contribution in [1.29, 1.82) is 0 Å². The fourth-order valence-electron chi connectivity index (χ4n) is 2.38. The maximum atomic E-state index is 13.1. The second-order valence-corrected chi connectivity index (χ2v) is 5.52. The monoisotopic (exact) mass is 355 g/mol. The molecule has 3 aromatic rings. The molecule has 134 valence electrons. The third kappa shape index (κ3) is 4.42. The number of amides is 1. The van der Waals surface area contributed by atoms with Crippen molar-refractivity contribution in [3.63, 3.8) is 0 Å². The van der Waals surface area contributed by atoms with E-state index in [1.165, 1.54) is 12.1 Å². The summed E-state index contributed by atoms with van der Waals surface area (Å²) in [6.07, 6.45) is 0. The van der Waals surface area contributed by atoms with Crippen LogP contribution in [0.2, 0.25) is 0 Å². The van der Waals surface area contributed by atoms with E-state index in [-0.39, 0.29) is 30.6 Å². The molecule has 0 aliphatic rings. The molecule has 0 unspecified atom stereocenters. The lowest BCUT2D eigenvalue weighted by Crippen LogP contribution is -2.22. The van der Waals surface area contributed by atoms with Crippen molar-refractivity contribution < 1.29 is 23.1 Å². The highest BCUT2D eigenvalue weighted by atomic mass is 19.1. The first-order chi connectivity index (χ1) is 12.7. The summed E-state index contributed by atoms with van der Waals surface area (Å²) in [5.74, 6) is 1.16. The van der Waals surface area contributed by atoms with Crippen molar-refractivity contribution >= 4 is 5.91 Å². The van der Waals surface area contributed by atoms with Crippen molar-refractivity contribution in [3.8, 4) is 11.5 Å². The smallest absolute Gasteiger partial charge is 0.287 e. The lowest BCUT2D eigenvalue weighted by molar-refractivity contribution is 0.0919. The van der Waals surface area contributed by atoms with Gasteiger partial charge in [-0.2, -0.15) is 0 Å². The molecular weight excluding hydrogens is 337 g/mol. The number of ether oxygens (including phenoxy) is 2. The number of carbonyl (C=O) groups is 1. The topological polar surface area (TPSA) is 60.7 Å². The summed E-state index contributed by atoms with van der Waals surface area (Å²) in [6, 6.07) is 16.6.